The molecule has 1 aliphatic heterocycles. The lowest BCUT2D eigenvalue weighted by Crippen LogP contribution is -2.47. The predicted octanol–water partition coefficient (Wildman–Crippen LogP) is 1.05. The van der Waals surface area contributed by atoms with Crippen LogP contribution < -0.4 is 10.0 Å². The Kier molecular flexibility index (Phi) is 3.70. The lowest BCUT2D eigenvalue weighted by Gasteiger charge is -2.36. The fraction of sp³-hybridized carbons (Fsp3) is 0.933. The fourth-order valence-corrected chi connectivity index (χ4v) is 6.53. The maximum absolute atomic E-state index is 12.5. The first kappa shape index (κ1) is 15.4. The Labute approximate surface area is 127 Å². The third-order valence-corrected chi connectivity index (χ3v) is 7.77. The molecule has 6 heteroatoms. The van der Waals surface area contributed by atoms with E-state index in [1.807, 2.05) is 0 Å². The van der Waals surface area contributed by atoms with Gasteiger partial charge in [-0.15, -0.1) is 0 Å². The molecule has 2 aliphatic carbocycles. The van der Waals surface area contributed by atoms with Gasteiger partial charge in [0.05, 0.1) is 5.75 Å². The molecule has 0 aromatic rings. The van der Waals surface area contributed by atoms with E-state index in [1.54, 1.807) is 0 Å². The molecule has 0 aromatic heterocycles. The minimum atomic E-state index is -3.41. The topological polar surface area (TPSA) is 75.3 Å². The molecule has 21 heavy (non-hydrogen) atoms. The highest BCUT2D eigenvalue weighted by atomic mass is 32.2. The molecule has 1 saturated heterocycles. The molecular formula is C15H26N2O3S. The molecule has 0 spiro atoms. The lowest BCUT2D eigenvalue weighted by molar-refractivity contribution is -0.128. The van der Waals surface area contributed by atoms with Gasteiger partial charge in [0, 0.05) is 24.4 Å². The molecule has 3 rings (SSSR count). The summed E-state index contributed by atoms with van der Waals surface area (Å²) in [7, 11) is -3.41. The van der Waals surface area contributed by atoms with Crippen molar-refractivity contribution in [3.63, 3.8) is 0 Å². The molecule has 0 amide bonds. The standard InChI is InChI=1S/C15H26N2O3S/c1-14(2)11-5-6-15(14,13(18)8-11)10-21(19,20)17-9-12-4-3-7-16-12/h11-12,16-17H,3-10H2,1-2H3/t11-,12+,15-/m1/s1. The van der Waals surface area contributed by atoms with Crippen LogP contribution in [0.25, 0.3) is 0 Å². The van der Waals surface area contributed by atoms with E-state index in [9.17, 15) is 13.2 Å². The van der Waals surface area contributed by atoms with E-state index in [0.717, 1.165) is 32.2 Å². The highest BCUT2D eigenvalue weighted by Gasteiger charge is 2.65. The SMILES string of the molecule is CC1(C)[C@@H]2CC[C@@]1(CS(=O)(=O)NC[C@@H]1CCCN1)C(=O)C2. The van der Waals surface area contributed by atoms with Gasteiger partial charge >= 0.3 is 0 Å². The summed E-state index contributed by atoms with van der Waals surface area (Å²) in [5, 5.41) is 3.29. The fourth-order valence-electron chi connectivity index (χ4n) is 4.64. The second-order valence-corrected chi connectivity index (χ2v) is 9.37. The van der Waals surface area contributed by atoms with Crippen LogP contribution in [0.3, 0.4) is 0 Å². The first-order valence-electron chi connectivity index (χ1n) is 8.01. The minimum Gasteiger partial charge on any atom is -0.313 e. The highest BCUT2D eigenvalue weighted by molar-refractivity contribution is 7.89. The number of ketones is 1. The van der Waals surface area contributed by atoms with Gasteiger partial charge in [-0.05, 0) is 43.6 Å². The van der Waals surface area contributed by atoms with E-state index in [1.165, 1.54) is 0 Å². The normalized spacial score (nSPS) is 38.3. The molecule has 2 bridgehead atoms. The van der Waals surface area contributed by atoms with Crippen LogP contribution in [0.1, 0.15) is 46.0 Å². The molecule has 3 aliphatic rings. The van der Waals surface area contributed by atoms with Crippen molar-refractivity contribution in [3.8, 4) is 0 Å². The first-order chi connectivity index (χ1) is 9.77. The molecule has 120 valence electrons. The molecule has 0 radical (unpaired) electrons. The number of hydrogen-bond acceptors (Lipinski definition) is 4. The lowest BCUT2D eigenvalue weighted by atomic mass is 9.70. The van der Waals surface area contributed by atoms with Crippen molar-refractivity contribution >= 4 is 15.8 Å². The molecule has 0 unspecified atom stereocenters. The van der Waals surface area contributed by atoms with Crippen LogP contribution in [0.5, 0.6) is 0 Å². The molecule has 5 nitrogen and oxygen atoms in total. The maximum Gasteiger partial charge on any atom is 0.212 e. The number of sulfonamides is 1. The number of carbonyl (C=O) groups is 1. The first-order valence-corrected chi connectivity index (χ1v) is 9.66. The Hall–Kier alpha value is -0.460. The average molecular weight is 314 g/mol. The van der Waals surface area contributed by atoms with Crippen LogP contribution in [-0.4, -0.2) is 39.1 Å². The van der Waals surface area contributed by atoms with Crippen molar-refractivity contribution in [2.24, 2.45) is 16.7 Å². The summed E-state index contributed by atoms with van der Waals surface area (Å²) in [4.78, 5) is 12.4. The zero-order valence-corrected chi connectivity index (χ0v) is 13.8. The Bertz CT molecular complexity index is 537. The average Bonchev–Trinajstić information content (AvgIpc) is 3.02. The third kappa shape index (κ3) is 2.45. The smallest absolute Gasteiger partial charge is 0.212 e. The molecular weight excluding hydrogens is 288 g/mol. The Balaban J connectivity index is 1.70. The van der Waals surface area contributed by atoms with Crippen LogP contribution in [0.2, 0.25) is 0 Å². The largest absolute Gasteiger partial charge is 0.313 e. The van der Waals surface area contributed by atoms with Crippen LogP contribution in [0.4, 0.5) is 0 Å². The van der Waals surface area contributed by atoms with Crippen molar-refractivity contribution in [1.82, 2.24) is 10.0 Å². The van der Waals surface area contributed by atoms with Gasteiger partial charge in [0.25, 0.3) is 0 Å². The van der Waals surface area contributed by atoms with Gasteiger partial charge in [0.2, 0.25) is 10.0 Å². The van der Waals surface area contributed by atoms with E-state index in [-0.39, 0.29) is 23.0 Å². The third-order valence-electron chi connectivity index (χ3n) is 6.29. The molecule has 3 atom stereocenters. The summed E-state index contributed by atoms with van der Waals surface area (Å²) in [5.41, 5.74) is -0.850. The Morgan fingerprint density at radius 3 is 2.62 bits per heavy atom. The summed E-state index contributed by atoms with van der Waals surface area (Å²) >= 11 is 0. The molecule has 0 aromatic carbocycles. The van der Waals surface area contributed by atoms with Gasteiger partial charge in [-0.1, -0.05) is 13.8 Å². The summed E-state index contributed by atoms with van der Waals surface area (Å²) in [6, 6.07) is 0.237. The summed E-state index contributed by atoms with van der Waals surface area (Å²) in [5.74, 6) is 0.486. The number of carbonyl (C=O) groups excluding carboxylic acids is 1. The Morgan fingerprint density at radius 2 is 2.10 bits per heavy atom. The maximum atomic E-state index is 12.5. The van der Waals surface area contributed by atoms with Crippen LogP contribution in [-0.2, 0) is 14.8 Å². The van der Waals surface area contributed by atoms with Crippen molar-refractivity contribution in [2.75, 3.05) is 18.8 Å². The van der Waals surface area contributed by atoms with Crippen LogP contribution >= 0.6 is 0 Å². The molecule has 1 heterocycles. The Morgan fingerprint density at radius 1 is 1.33 bits per heavy atom. The monoisotopic (exact) mass is 314 g/mol. The van der Waals surface area contributed by atoms with E-state index in [2.05, 4.69) is 23.9 Å². The van der Waals surface area contributed by atoms with Crippen molar-refractivity contribution in [2.45, 2.75) is 52.0 Å². The summed E-state index contributed by atoms with van der Waals surface area (Å²) in [6.07, 6.45) is 4.39. The van der Waals surface area contributed by atoms with E-state index in [4.69, 9.17) is 0 Å². The van der Waals surface area contributed by atoms with Gasteiger partial charge in [0.15, 0.2) is 0 Å². The van der Waals surface area contributed by atoms with Gasteiger partial charge in [-0.2, -0.15) is 0 Å². The number of hydrogen-bond donors (Lipinski definition) is 2. The number of fused-ring (bicyclic) bond motifs is 2. The summed E-state index contributed by atoms with van der Waals surface area (Å²) in [6.45, 7) is 5.55. The van der Waals surface area contributed by atoms with Gasteiger partial charge in [-0.25, -0.2) is 13.1 Å². The zero-order chi connectivity index (χ0) is 15.3. The van der Waals surface area contributed by atoms with Crippen LogP contribution in [0, 0.1) is 16.7 Å². The summed E-state index contributed by atoms with van der Waals surface area (Å²) < 4.78 is 27.7. The van der Waals surface area contributed by atoms with E-state index < -0.39 is 15.4 Å². The quantitative estimate of drug-likeness (QED) is 0.795. The van der Waals surface area contributed by atoms with Gasteiger partial charge in [0.1, 0.15) is 5.78 Å². The second kappa shape index (κ2) is 5.03. The molecule has 3 fully saturated rings. The van der Waals surface area contributed by atoms with E-state index in [0.29, 0.717) is 18.9 Å². The number of rotatable bonds is 5. The molecule has 2 N–H and O–H groups in total. The van der Waals surface area contributed by atoms with Gasteiger partial charge < -0.3 is 5.32 Å². The van der Waals surface area contributed by atoms with Crippen molar-refractivity contribution in [3.05, 3.63) is 0 Å². The predicted molar refractivity (Wildman–Crippen MR) is 81.4 cm³/mol. The van der Waals surface area contributed by atoms with Crippen molar-refractivity contribution in [1.29, 1.82) is 0 Å². The second-order valence-electron chi connectivity index (χ2n) is 7.57. The zero-order valence-electron chi connectivity index (χ0n) is 12.9. The highest BCUT2D eigenvalue weighted by Crippen LogP contribution is 2.64. The van der Waals surface area contributed by atoms with Crippen molar-refractivity contribution < 1.29 is 13.2 Å². The number of nitrogens with one attached hydrogen (secondary N) is 2. The number of Topliss-reactive ketones (excluding diaryl/α,β-unsaturated/α-hetero) is 1. The molecule has 2 saturated carbocycles. The van der Waals surface area contributed by atoms with Gasteiger partial charge in [-0.3, -0.25) is 4.79 Å². The minimum absolute atomic E-state index is 0.0327. The van der Waals surface area contributed by atoms with E-state index >= 15 is 0 Å². The van der Waals surface area contributed by atoms with Crippen LogP contribution in [0.15, 0.2) is 0 Å².